The standard InChI is InChI=1S/C9H15N3O3/c1-11-4-6-12(7-5-11)10-8(13)2-3-9(14)15/h2-3H,4-7H2,1H3,(H,10,13)(H,14,15)/b3-2+. The van der Waals surface area contributed by atoms with Gasteiger partial charge in [0, 0.05) is 6.08 Å². The van der Waals surface area contributed by atoms with Gasteiger partial charge in [-0.15, -0.1) is 0 Å². The van der Waals surface area contributed by atoms with Crippen molar-refractivity contribution >= 4 is 11.9 Å². The molecule has 1 saturated heterocycles. The largest absolute Gasteiger partial charge is 0.545 e. The molecule has 0 aromatic rings. The van der Waals surface area contributed by atoms with Gasteiger partial charge in [0.15, 0.2) is 0 Å². The molecule has 0 saturated carbocycles. The Kier molecular flexibility index (Phi) is 4.26. The second-order valence-corrected chi connectivity index (χ2v) is 3.57. The Morgan fingerprint density at radius 3 is 2.47 bits per heavy atom. The number of rotatable bonds is 3. The second kappa shape index (κ2) is 5.47. The Hall–Kier alpha value is -1.40. The highest BCUT2D eigenvalue weighted by atomic mass is 16.4. The number of piperazine rings is 1. The normalized spacial score (nSPS) is 19.3. The summed E-state index contributed by atoms with van der Waals surface area (Å²) in [5.74, 6) is -1.80. The summed E-state index contributed by atoms with van der Waals surface area (Å²) < 4.78 is 0. The number of carbonyl (C=O) groups excluding carboxylic acids is 2. The van der Waals surface area contributed by atoms with Crippen LogP contribution in [0, 0.1) is 0 Å². The van der Waals surface area contributed by atoms with Gasteiger partial charge in [0.2, 0.25) is 0 Å². The molecule has 15 heavy (non-hydrogen) atoms. The van der Waals surface area contributed by atoms with Gasteiger partial charge in [-0.05, 0) is 6.08 Å². The summed E-state index contributed by atoms with van der Waals surface area (Å²) >= 11 is 0. The number of aliphatic carboxylic acids is 1. The Morgan fingerprint density at radius 1 is 1.33 bits per heavy atom. The third-order valence-electron chi connectivity index (χ3n) is 2.26. The van der Waals surface area contributed by atoms with E-state index in [-0.39, 0.29) is 0 Å². The third-order valence-corrected chi connectivity index (χ3v) is 2.26. The Balaban J connectivity index is 2.29. The summed E-state index contributed by atoms with van der Waals surface area (Å²) in [5.41, 5.74) is 2.60. The predicted octanol–water partition coefficient (Wildman–Crippen LogP) is -3.85. The number of nitrogens with zero attached hydrogens (tertiary/aromatic N) is 1. The van der Waals surface area contributed by atoms with E-state index in [1.807, 2.05) is 0 Å². The molecule has 0 aromatic heterocycles. The number of carboxylic acid groups (broad SMARTS) is 1. The first kappa shape index (κ1) is 11.7. The molecule has 1 fully saturated rings. The van der Waals surface area contributed by atoms with Crippen LogP contribution in [0.2, 0.25) is 0 Å². The Bertz CT molecular complexity index is 270. The van der Waals surface area contributed by atoms with Crippen molar-refractivity contribution in [2.75, 3.05) is 33.2 Å². The van der Waals surface area contributed by atoms with Crippen LogP contribution in [-0.4, -0.2) is 50.1 Å². The SMILES string of the molecule is C[NH+]1CCN(NC(=O)/C=C/C(=O)[O-])CC1. The highest BCUT2D eigenvalue weighted by Crippen LogP contribution is 1.84. The molecule has 1 rings (SSSR count). The molecule has 0 bridgehead atoms. The molecule has 0 spiro atoms. The van der Waals surface area contributed by atoms with Gasteiger partial charge in [0.1, 0.15) is 0 Å². The predicted molar refractivity (Wildman–Crippen MR) is 50.5 cm³/mol. The topological polar surface area (TPSA) is 76.9 Å². The van der Waals surface area contributed by atoms with E-state index in [9.17, 15) is 14.7 Å². The van der Waals surface area contributed by atoms with Gasteiger partial charge in [-0.3, -0.25) is 10.2 Å². The van der Waals surface area contributed by atoms with Crippen molar-refractivity contribution < 1.29 is 19.6 Å². The van der Waals surface area contributed by atoms with Gasteiger partial charge >= 0.3 is 0 Å². The molecule has 6 heteroatoms. The van der Waals surface area contributed by atoms with E-state index in [1.165, 1.54) is 4.90 Å². The summed E-state index contributed by atoms with van der Waals surface area (Å²) in [5, 5.41) is 11.8. The first-order chi connectivity index (χ1) is 7.08. The van der Waals surface area contributed by atoms with Crippen molar-refractivity contribution in [3.63, 3.8) is 0 Å². The lowest BCUT2D eigenvalue weighted by Crippen LogP contribution is -3.12. The second-order valence-electron chi connectivity index (χ2n) is 3.57. The minimum absolute atomic E-state index is 0.432. The fourth-order valence-corrected chi connectivity index (χ4v) is 1.34. The molecule has 2 N–H and O–H groups in total. The Morgan fingerprint density at radius 2 is 1.93 bits per heavy atom. The number of hydrazine groups is 1. The molecule has 0 aromatic carbocycles. The summed E-state index contributed by atoms with van der Waals surface area (Å²) in [6.07, 6.45) is 1.68. The first-order valence-corrected chi connectivity index (χ1v) is 4.84. The molecule has 0 radical (unpaired) electrons. The lowest BCUT2D eigenvalue weighted by atomic mass is 10.4. The molecule has 1 heterocycles. The number of amides is 1. The van der Waals surface area contributed by atoms with Gasteiger partial charge in [-0.2, -0.15) is 0 Å². The summed E-state index contributed by atoms with van der Waals surface area (Å²) in [6.45, 7) is 3.47. The maximum absolute atomic E-state index is 11.2. The monoisotopic (exact) mass is 213 g/mol. The molecule has 1 aliphatic rings. The molecule has 1 aliphatic heterocycles. The molecule has 0 unspecified atom stereocenters. The van der Waals surface area contributed by atoms with Gasteiger partial charge in [-0.25, -0.2) is 5.01 Å². The van der Waals surface area contributed by atoms with Gasteiger partial charge in [-0.1, -0.05) is 0 Å². The van der Waals surface area contributed by atoms with Crippen LogP contribution in [0.1, 0.15) is 0 Å². The van der Waals surface area contributed by atoms with E-state index in [0.717, 1.165) is 38.3 Å². The van der Waals surface area contributed by atoms with Crippen molar-refractivity contribution in [3.8, 4) is 0 Å². The number of carboxylic acids is 1. The average Bonchev–Trinajstić information content (AvgIpc) is 2.19. The fourth-order valence-electron chi connectivity index (χ4n) is 1.34. The van der Waals surface area contributed by atoms with Crippen molar-refractivity contribution in [3.05, 3.63) is 12.2 Å². The lowest BCUT2D eigenvalue weighted by molar-refractivity contribution is -0.884. The van der Waals surface area contributed by atoms with Crippen LogP contribution in [0.3, 0.4) is 0 Å². The number of nitrogens with one attached hydrogen (secondary N) is 2. The molecule has 0 aliphatic carbocycles. The molecular weight excluding hydrogens is 198 g/mol. The number of carbonyl (C=O) groups is 2. The zero-order valence-electron chi connectivity index (χ0n) is 8.66. The van der Waals surface area contributed by atoms with E-state index in [0.29, 0.717) is 0 Å². The first-order valence-electron chi connectivity index (χ1n) is 4.84. The maximum Gasteiger partial charge on any atom is 0.258 e. The van der Waals surface area contributed by atoms with Crippen LogP contribution >= 0.6 is 0 Å². The third kappa shape index (κ3) is 4.57. The van der Waals surface area contributed by atoms with Crippen molar-refractivity contribution in [2.24, 2.45) is 0 Å². The summed E-state index contributed by atoms with van der Waals surface area (Å²) in [6, 6.07) is 0. The van der Waals surface area contributed by atoms with Crippen LogP contribution in [0.25, 0.3) is 0 Å². The number of hydrogen-bond acceptors (Lipinski definition) is 4. The van der Waals surface area contributed by atoms with Gasteiger partial charge in [0.05, 0.1) is 39.2 Å². The van der Waals surface area contributed by atoms with Crippen LogP contribution < -0.4 is 15.4 Å². The zero-order chi connectivity index (χ0) is 11.3. The zero-order valence-corrected chi connectivity index (χ0v) is 8.66. The van der Waals surface area contributed by atoms with E-state index in [2.05, 4.69) is 12.5 Å². The van der Waals surface area contributed by atoms with Crippen molar-refractivity contribution in [2.45, 2.75) is 0 Å². The number of hydrogen-bond donors (Lipinski definition) is 2. The van der Waals surface area contributed by atoms with Crippen LogP contribution in [0.5, 0.6) is 0 Å². The maximum atomic E-state index is 11.2. The molecular formula is C9H15N3O3. The number of quaternary nitrogens is 1. The Labute approximate surface area is 88.1 Å². The highest BCUT2D eigenvalue weighted by molar-refractivity contribution is 5.92. The van der Waals surface area contributed by atoms with E-state index < -0.39 is 11.9 Å². The minimum Gasteiger partial charge on any atom is -0.545 e. The van der Waals surface area contributed by atoms with Crippen molar-refractivity contribution in [1.29, 1.82) is 0 Å². The van der Waals surface area contributed by atoms with Gasteiger partial charge in [0.25, 0.3) is 5.91 Å². The summed E-state index contributed by atoms with van der Waals surface area (Å²) in [7, 11) is 2.09. The number of likely N-dealkylation sites (N-methyl/N-ethyl adjacent to an activating group) is 1. The van der Waals surface area contributed by atoms with Gasteiger partial charge < -0.3 is 14.8 Å². The van der Waals surface area contributed by atoms with Crippen LogP contribution in [0.15, 0.2) is 12.2 Å². The summed E-state index contributed by atoms with van der Waals surface area (Å²) in [4.78, 5) is 22.6. The van der Waals surface area contributed by atoms with E-state index in [4.69, 9.17) is 0 Å². The molecule has 1 amide bonds. The molecule has 84 valence electrons. The van der Waals surface area contributed by atoms with Crippen molar-refractivity contribution in [1.82, 2.24) is 10.4 Å². The fraction of sp³-hybridized carbons (Fsp3) is 0.556. The van der Waals surface area contributed by atoms with E-state index >= 15 is 0 Å². The highest BCUT2D eigenvalue weighted by Gasteiger charge is 2.16. The smallest absolute Gasteiger partial charge is 0.258 e. The molecule has 6 nitrogen and oxygen atoms in total. The van der Waals surface area contributed by atoms with Crippen LogP contribution in [-0.2, 0) is 9.59 Å². The average molecular weight is 213 g/mol. The minimum atomic E-state index is -1.37. The van der Waals surface area contributed by atoms with E-state index in [1.54, 1.807) is 5.01 Å². The molecule has 0 atom stereocenters. The lowest BCUT2D eigenvalue weighted by Gasteiger charge is -2.29. The van der Waals surface area contributed by atoms with Crippen LogP contribution in [0.4, 0.5) is 0 Å². The quantitative estimate of drug-likeness (QED) is 0.471.